The fraction of sp³-hybridized carbons (Fsp3) is 0.308. The van der Waals surface area contributed by atoms with E-state index in [1.54, 1.807) is 31.4 Å². The van der Waals surface area contributed by atoms with Gasteiger partial charge in [0, 0.05) is 6.42 Å². The van der Waals surface area contributed by atoms with Gasteiger partial charge in [0.05, 0.1) is 7.11 Å². The smallest absolute Gasteiger partial charge is 0.335 e. The van der Waals surface area contributed by atoms with Crippen molar-refractivity contribution < 1.29 is 19.4 Å². The molecule has 0 aliphatic rings. The summed E-state index contributed by atoms with van der Waals surface area (Å²) in [5.41, 5.74) is 0.838. The summed E-state index contributed by atoms with van der Waals surface area (Å²) in [6.45, 7) is 3.57. The van der Waals surface area contributed by atoms with E-state index in [2.05, 4.69) is 6.58 Å². The highest BCUT2D eigenvalue weighted by atomic mass is 16.5. The SMILES string of the molecule is C=CCC(O)C(=O)OCc1ccc(OC)cc1. The highest BCUT2D eigenvalue weighted by Gasteiger charge is 2.14. The molecule has 17 heavy (non-hydrogen) atoms. The number of esters is 1. The summed E-state index contributed by atoms with van der Waals surface area (Å²) in [6.07, 6.45) is 0.534. The van der Waals surface area contributed by atoms with Gasteiger partial charge in [-0.15, -0.1) is 6.58 Å². The number of carbonyl (C=O) groups is 1. The Kier molecular flexibility index (Phi) is 5.23. The first kappa shape index (κ1) is 13.3. The molecule has 0 saturated heterocycles. The quantitative estimate of drug-likeness (QED) is 0.603. The van der Waals surface area contributed by atoms with Gasteiger partial charge in [0.1, 0.15) is 12.4 Å². The van der Waals surface area contributed by atoms with Gasteiger partial charge in [0.15, 0.2) is 6.10 Å². The summed E-state index contributed by atoms with van der Waals surface area (Å²) >= 11 is 0. The highest BCUT2D eigenvalue weighted by molar-refractivity contribution is 5.74. The lowest BCUT2D eigenvalue weighted by molar-refractivity contribution is -0.154. The molecule has 4 nitrogen and oxygen atoms in total. The van der Waals surface area contributed by atoms with E-state index in [1.807, 2.05) is 0 Å². The molecule has 1 aromatic carbocycles. The topological polar surface area (TPSA) is 55.8 Å². The maximum atomic E-state index is 11.3. The average Bonchev–Trinajstić information content (AvgIpc) is 2.36. The minimum absolute atomic E-state index is 0.136. The highest BCUT2D eigenvalue weighted by Crippen LogP contribution is 2.12. The van der Waals surface area contributed by atoms with Crippen molar-refractivity contribution in [3.05, 3.63) is 42.5 Å². The second kappa shape index (κ2) is 6.70. The monoisotopic (exact) mass is 236 g/mol. The van der Waals surface area contributed by atoms with E-state index in [0.29, 0.717) is 0 Å². The Morgan fingerprint density at radius 3 is 2.65 bits per heavy atom. The van der Waals surface area contributed by atoms with Crippen LogP contribution in [0.4, 0.5) is 0 Å². The molecular formula is C13H16O4. The van der Waals surface area contributed by atoms with Gasteiger partial charge in [-0.05, 0) is 17.7 Å². The van der Waals surface area contributed by atoms with Crippen LogP contribution in [-0.4, -0.2) is 24.3 Å². The standard InChI is InChI=1S/C13H16O4/c1-3-4-12(14)13(15)17-9-10-5-7-11(16-2)8-6-10/h3,5-8,12,14H,1,4,9H2,2H3. The van der Waals surface area contributed by atoms with Gasteiger partial charge >= 0.3 is 5.97 Å². The van der Waals surface area contributed by atoms with Gasteiger partial charge in [0.2, 0.25) is 0 Å². The summed E-state index contributed by atoms with van der Waals surface area (Å²) < 4.78 is 9.94. The summed E-state index contributed by atoms with van der Waals surface area (Å²) in [4.78, 5) is 11.3. The van der Waals surface area contributed by atoms with Crippen molar-refractivity contribution in [1.82, 2.24) is 0 Å². The first-order valence-electron chi connectivity index (χ1n) is 5.26. The van der Waals surface area contributed by atoms with Crippen LogP contribution >= 0.6 is 0 Å². The predicted molar refractivity (Wildman–Crippen MR) is 63.6 cm³/mol. The molecule has 0 aliphatic carbocycles. The van der Waals surface area contributed by atoms with Crippen molar-refractivity contribution in [3.63, 3.8) is 0 Å². The molecule has 0 bridgehead atoms. The Morgan fingerprint density at radius 2 is 2.12 bits per heavy atom. The van der Waals surface area contributed by atoms with Crippen molar-refractivity contribution in [2.45, 2.75) is 19.1 Å². The summed E-state index contributed by atoms with van der Waals surface area (Å²) in [7, 11) is 1.58. The van der Waals surface area contributed by atoms with E-state index in [1.165, 1.54) is 6.08 Å². The molecule has 0 fully saturated rings. The number of methoxy groups -OCH3 is 1. The third-order valence-electron chi connectivity index (χ3n) is 2.20. The number of benzene rings is 1. The van der Waals surface area contributed by atoms with Crippen LogP contribution in [0, 0.1) is 0 Å². The molecular weight excluding hydrogens is 220 g/mol. The zero-order valence-corrected chi connectivity index (χ0v) is 9.76. The first-order valence-corrected chi connectivity index (χ1v) is 5.26. The van der Waals surface area contributed by atoms with Crippen LogP contribution in [0.2, 0.25) is 0 Å². The Balaban J connectivity index is 2.44. The van der Waals surface area contributed by atoms with E-state index < -0.39 is 12.1 Å². The zero-order chi connectivity index (χ0) is 12.7. The molecule has 0 aromatic heterocycles. The molecule has 0 amide bonds. The maximum Gasteiger partial charge on any atom is 0.335 e. The van der Waals surface area contributed by atoms with Crippen LogP contribution in [0.3, 0.4) is 0 Å². The second-order valence-electron chi connectivity index (χ2n) is 3.50. The average molecular weight is 236 g/mol. The molecule has 92 valence electrons. The molecule has 1 aromatic rings. The number of rotatable bonds is 6. The summed E-state index contributed by atoms with van der Waals surface area (Å²) in [5.74, 6) is 0.104. The minimum Gasteiger partial charge on any atom is -0.497 e. The van der Waals surface area contributed by atoms with E-state index in [4.69, 9.17) is 9.47 Å². The van der Waals surface area contributed by atoms with Crippen molar-refractivity contribution in [2.75, 3.05) is 7.11 Å². The largest absolute Gasteiger partial charge is 0.497 e. The van der Waals surface area contributed by atoms with Crippen LogP contribution in [-0.2, 0) is 16.1 Å². The number of hydrogen-bond donors (Lipinski definition) is 1. The molecule has 1 N–H and O–H groups in total. The van der Waals surface area contributed by atoms with Crippen LogP contribution in [0.15, 0.2) is 36.9 Å². The lowest BCUT2D eigenvalue weighted by Gasteiger charge is -2.09. The number of carbonyl (C=O) groups excluding carboxylic acids is 1. The first-order chi connectivity index (χ1) is 8.17. The Labute approximate surface area is 100 Å². The van der Waals surface area contributed by atoms with Gasteiger partial charge in [-0.1, -0.05) is 18.2 Å². The fourth-order valence-corrected chi connectivity index (χ4v) is 1.23. The van der Waals surface area contributed by atoms with E-state index in [9.17, 15) is 9.90 Å². The van der Waals surface area contributed by atoms with Crippen LogP contribution in [0.5, 0.6) is 5.75 Å². The number of hydrogen-bond acceptors (Lipinski definition) is 4. The Morgan fingerprint density at radius 1 is 1.47 bits per heavy atom. The summed E-state index contributed by atoms with van der Waals surface area (Å²) in [5, 5.41) is 9.31. The summed E-state index contributed by atoms with van der Waals surface area (Å²) in [6, 6.07) is 7.16. The van der Waals surface area contributed by atoms with Gasteiger partial charge < -0.3 is 14.6 Å². The van der Waals surface area contributed by atoms with Crippen molar-refractivity contribution in [3.8, 4) is 5.75 Å². The van der Waals surface area contributed by atoms with Gasteiger partial charge in [-0.2, -0.15) is 0 Å². The lowest BCUT2D eigenvalue weighted by atomic mass is 10.2. The molecule has 0 saturated carbocycles. The lowest BCUT2D eigenvalue weighted by Crippen LogP contribution is -2.22. The maximum absolute atomic E-state index is 11.3. The van der Waals surface area contributed by atoms with E-state index >= 15 is 0 Å². The minimum atomic E-state index is -1.13. The molecule has 0 aliphatic heterocycles. The van der Waals surface area contributed by atoms with E-state index in [0.717, 1.165) is 11.3 Å². The molecule has 1 unspecified atom stereocenters. The third kappa shape index (κ3) is 4.28. The Bertz CT molecular complexity index is 370. The normalized spacial score (nSPS) is 11.6. The van der Waals surface area contributed by atoms with Crippen molar-refractivity contribution >= 4 is 5.97 Å². The number of aliphatic hydroxyl groups is 1. The molecule has 1 rings (SSSR count). The molecule has 4 heteroatoms. The van der Waals surface area contributed by atoms with E-state index in [-0.39, 0.29) is 13.0 Å². The van der Waals surface area contributed by atoms with Crippen LogP contribution in [0.1, 0.15) is 12.0 Å². The molecule has 1 atom stereocenters. The second-order valence-corrected chi connectivity index (χ2v) is 3.50. The van der Waals surface area contributed by atoms with Gasteiger partial charge in [-0.3, -0.25) is 0 Å². The number of aliphatic hydroxyl groups excluding tert-OH is 1. The van der Waals surface area contributed by atoms with Crippen LogP contribution in [0.25, 0.3) is 0 Å². The third-order valence-corrected chi connectivity index (χ3v) is 2.20. The van der Waals surface area contributed by atoms with Gasteiger partial charge in [-0.25, -0.2) is 4.79 Å². The molecule has 0 radical (unpaired) electrons. The molecule has 0 spiro atoms. The predicted octanol–water partition coefficient (Wildman–Crippen LogP) is 1.68. The number of ether oxygens (including phenoxy) is 2. The van der Waals surface area contributed by atoms with Crippen molar-refractivity contribution in [1.29, 1.82) is 0 Å². The van der Waals surface area contributed by atoms with Crippen molar-refractivity contribution in [2.24, 2.45) is 0 Å². The Hall–Kier alpha value is -1.81. The molecule has 0 heterocycles. The van der Waals surface area contributed by atoms with Gasteiger partial charge in [0.25, 0.3) is 0 Å². The fourth-order valence-electron chi connectivity index (χ4n) is 1.23. The zero-order valence-electron chi connectivity index (χ0n) is 9.76. The van der Waals surface area contributed by atoms with Crippen LogP contribution < -0.4 is 4.74 Å².